The Kier molecular flexibility index (Phi) is 3.62. The molecule has 0 aliphatic carbocycles. The molecule has 0 radical (unpaired) electrons. The third kappa shape index (κ3) is 3.29. The van der Waals surface area contributed by atoms with Crippen LogP contribution >= 0.6 is 0 Å². The summed E-state index contributed by atoms with van der Waals surface area (Å²) in [6.07, 6.45) is -6.28. The fraction of sp³-hybridized carbons (Fsp3) is 0.300. The maximum Gasteiger partial charge on any atom is 0.449 e. The molecular formula is C10H7F5O. The number of alkyl halides is 3. The molecule has 0 aliphatic rings. The smallest absolute Gasteiger partial charge is 0.290 e. The van der Waals surface area contributed by atoms with Crippen LogP contribution in [0.2, 0.25) is 0 Å². The van der Waals surface area contributed by atoms with Crippen LogP contribution in [0.1, 0.15) is 12.0 Å². The quantitative estimate of drug-likeness (QED) is 0.740. The normalized spacial score (nSPS) is 11.6. The molecule has 88 valence electrons. The summed E-state index contributed by atoms with van der Waals surface area (Å²) in [5.74, 6) is -3.52. The molecule has 0 aliphatic heterocycles. The highest BCUT2D eigenvalue weighted by atomic mass is 19.4. The lowest BCUT2D eigenvalue weighted by Gasteiger charge is -2.05. The minimum Gasteiger partial charge on any atom is -0.290 e. The fourth-order valence-corrected chi connectivity index (χ4v) is 1.12. The van der Waals surface area contributed by atoms with Gasteiger partial charge in [-0.3, -0.25) is 4.79 Å². The van der Waals surface area contributed by atoms with Gasteiger partial charge in [-0.1, -0.05) is 0 Å². The number of rotatable bonds is 3. The van der Waals surface area contributed by atoms with Gasteiger partial charge < -0.3 is 0 Å². The van der Waals surface area contributed by atoms with E-state index in [1.165, 1.54) is 0 Å². The molecule has 6 heteroatoms. The van der Waals surface area contributed by atoms with Crippen LogP contribution in [-0.4, -0.2) is 12.0 Å². The van der Waals surface area contributed by atoms with Gasteiger partial charge in [0.2, 0.25) is 5.78 Å². The second-order valence-electron chi connectivity index (χ2n) is 3.16. The van der Waals surface area contributed by atoms with Gasteiger partial charge in [-0.25, -0.2) is 8.78 Å². The van der Waals surface area contributed by atoms with Gasteiger partial charge in [-0.15, -0.1) is 0 Å². The van der Waals surface area contributed by atoms with Gasteiger partial charge in [0.05, 0.1) is 0 Å². The van der Waals surface area contributed by atoms with Crippen molar-refractivity contribution < 1.29 is 26.7 Å². The second kappa shape index (κ2) is 4.59. The first-order valence-corrected chi connectivity index (χ1v) is 4.34. The van der Waals surface area contributed by atoms with Gasteiger partial charge in [0.1, 0.15) is 11.6 Å². The molecule has 0 bridgehead atoms. The fourth-order valence-electron chi connectivity index (χ4n) is 1.12. The van der Waals surface area contributed by atoms with Gasteiger partial charge in [0.15, 0.2) is 0 Å². The number of Topliss-reactive ketones (excluding diaryl/α,β-unsaturated/α-hetero) is 1. The van der Waals surface area contributed by atoms with Crippen LogP contribution in [0.3, 0.4) is 0 Å². The largest absolute Gasteiger partial charge is 0.449 e. The van der Waals surface area contributed by atoms with E-state index in [0.29, 0.717) is 0 Å². The molecule has 16 heavy (non-hydrogen) atoms. The molecule has 0 N–H and O–H groups in total. The molecule has 0 spiro atoms. The van der Waals surface area contributed by atoms with E-state index in [9.17, 15) is 26.7 Å². The summed E-state index contributed by atoms with van der Waals surface area (Å²) in [7, 11) is 0. The predicted octanol–water partition coefficient (Wildman–Crippen LogP) is 3.03. The zero-order chi connectivity index (χ0) is 12.3. The average Bonchev–Trinajstić information content (AvgIpc) is 2.17. The number of carbonyl (C=O) groups is 1. The molecule has 0 saturated carbocycles. The minimum absolute atomic E-state index is 0.238. The highest BCUT2D eigenvalue weighted by Crippen LogP contribution is 2.20. The standard InChI is InChI=1S/C10H7F5O/c11-7-2-3-8(12)6(5-7)1-4-9(16)10(13,14)15/h2-3,5H,1,4H2. The first kappa shape index (κ1) is 12.6. The van der Waals surface area contributed by atoms with Crippen molar-refractivity contribution in [1.82, 2.24) is 0 Å². The van der Waals surface area contributed by atoms with Crippen molar-refractivity contribution >= 4 is 5.78 Å². The Labute approximate surface area is 87.9 Å². The maximum atomic E-state index is 13.0. The Morgan fingerprint density at radius 1 is 1.19 bits per heavy atom. The van der Waals surface area contributed by atoms with Crippen LogP contribution in [-0.2, 0) is 11.2 Å². The third-order valence-corrected chi connectivity index (χ3v) is 1.95. The number of benzene rings is 1. The lowest BCUT2D eigenvalue weighted by atomic mass is 10.1. The predicted molar refractivity (Wildman–Crippen MR) is 45.7 cm³/mol. The number of hydrogen-bond acceptors (Lipinski definition) is 1. The van der Waals surface area contributed by atoms with E-state index >= 15 is 0 Å². The lowest BCUT2D eigenvalue weighted by molar-refractivity contribution is -0.171. The van der Waals surface area contributed by atoms with Crippen LogP contribution in [0.15, 0.2) is 18.2 Å². The van der Waals surface area contributed by atoms with Crippen molar-refractivity contribution in [2.24, 2.45) is 0 Å². The van der Waals surface area contributed by atoms with Gasteiger partial charge in [-0.05, 0) is 30.2 Å². The highest BCUT2D eigenvalue weighted by Gasteiger charge is 2.37. The second-order valence-corrected chi connectivity index (χ2v) is 3.16. The van der Waals surface area contributed by atoms with Crippen LogP contribution in [0.5, 0.6) is 0 Å². The van der Waals surface area contributed by atoms with E-state index in [2.05, 4.69) is 0 Å². The first-order chi connectivity index (χ1) is 7.30. The van der Waals surface area contributed by atoms with E-state index < -0.39 is 36.4 Å². The van der Waals surface area contributed by atoms with Gasteiger partial charge in [0, 0.05) is 6.42 Å². The summed E-state index contributed by atoms with van der Waals surface area (Å²) in [4.78, 5) is 10.5. The number of hydrogen-bond donors (Lipinski definition) is 0. The lowest BCUT2D eigenvalue weighted by Crippen LogP contribution is -2.23. The molecule has 1 aromatic carbocycles. The molecule has 0 heterocycles. The zero-order valence-electron chi connectivity index (χ0n) is 7.94. The SMILES string of the molecule is O=C(CCc1cc(F)ccc1F)C(F)(F)F. The summed E-state index contributed by atoms with van der Waals surface area (Å²) >= 11 is 0. The Bertz CT molecular complexity index is 397. The van der Waals surface area contributed by atoms with Gasteiger partial charge in [-0.2, -0.15) is 13.2 Å². The third-order valence-electron chi connectivity index (χ3n) is 1.95. The Hall–Kier alpha value is -1.46. The monoisotopic (exact) mass is 238 g/mol. The van der Waals surface area contributed by atoms with E-state index in [4.69, 9.17) is 0 Å². The summed E-state index contributed by atoms with van der Waals surface area (Å²) < 4.78 is 61.0. The van der Waals surface area contributed by atoms with Gasteiger partial charge in [0.25, 0.3) is 0 Å². The molecule has 0 aromatic heterocycles. The molecular weight excluding hydrogens is 231 g/mol. The van der Waals surface area contributed by atoms with Crippen LogP contribution in [0.25, 0.3) is 0 Å². The summed E-state index contributed by atoms with van der Waals surface area (Å²) in [6.45, 7) is 0. The topological polar surface area (TPSA) is 17.1 Å². The van der Waals surface area contributed by atoms with Gasteiger partial charge >= 0.3 is 6.18 Å². The molecule has 0 atom stereocenters. The van der Waals surface area contributed by atoms with Crippen molar-refractivity contribution in [3.63, 3.8) is 0 Å². The van der Waals surface area contributed by atoms with E-state index in [-0.39, 0.29) is 5.56 Å². The van der Waals surface area contributed by atoms with Crippen molar-refractivity contribution in [1.29, 1.82) is 0 Å². The first-order valence-electron chi connectivity index (χ1n) is 4.34. The van der Waals surface area contributed by atoms with Crippen molar-refractivity contribution in [2.75, 3.05) is 0 Å². The molecule has 1 rings (SSSR count). The zero-order valence-corrected chi connectivity index (χ0v) is 7.94. The number of ketones is 1. The van der Waals surface area contributed by atoms with Crippen LogP contribution < -0.4 is 0 Å². The van der Waals surface area contributed by atoms with E-state index in [1.807, 2.05) is 0 Å². The molecule has 0 fully saturated rings. The maximum absolute atomic E-state index is 13.0. The number of carbonyl (C=O) groups excluding carboxylic acids is 1. The highest BCUT2D eigenvalue weighted by molar-refractivity contribution is 5.84. The molecule has 1 aromatic rings. The van der Waals surface area contributed by atoms with E-state index in [1.54, 1.807) is 0 Å². The van der Waals surface area contributed by atoms with E-state index in [0.717, 1.165) is 18.2 Å². The Balaban J connectivity index is 2.68. The molecule has 0 unspecified atom stereocenters. The summed E-state index contributed by atoms with van der Waals surface area (Å²) in [5, 5.41) is 0. The number of aryl methyl sites for hydroxylation is 1. The Morgan fingerprint density at radius 2 is 1.81 bits per heavy atom. The van der Waals surface area contributed by atoms with Crippen LogP contribution in [0.4, 0.5) is 22.0 Å². The molecule has 1 nitrogen and oxygen atoms in total. The van der Waals surface area contributed by atoms with Crippen LogP contribution in [0, 0.1) is 11.6 Å². The van der Waals surface area contributed by atoms with Crippen molar-refractivity contribution in [3.05, 3.63) is 35.4 Å². The average molecular weight is 238 g/mol. The molecule has 0 saturated heterocycles. The summed E-state index contributed by atoms with van der Waals surface area (Å²) in [6, 6.07) is 2.44. The Morgan fingerprint density at radius 3 is 2.38 bits per heavy atom. The molecule has 0 amide bonds. The minimum atomic E-state index is -4.93. The summed E-state index contributed by atoms with van der Waals surface area (Å²) in [5.41, 5.74) is -0.238. The van der Waals surface area contributed by atoms with Crippen molar-refractivity contribution in [2.45, 2.75) is 19.0 Å². The number of halogens is 5. The van der Waals surface area contributed by atoms with Crippen molar-refractivity contribution in [3.8, 4) is 0 Å².